The van der Waals surface area contributed by atoms with E-state index >= 15 is 0 Å². The van der Waals surface area contributed by atoms with Crippen molar-refractivity contribution in [2.75, 3.05) is 25.6 Å². The van der Waals surface area contributed by atoms with Gasteiger partial charge < -0.3 is 25.2 Å². The SMILES string of the molecule is COCC(NC(=O)OCC1c2ccccc2-c2ccccc21)C(=O)Nc1ccc(F)cc1C(=O)O. The Kier molecular flexibility index (Phi) is 7.07. The monoisotopic (exact) mass is 478 g/mol. The van der Waals surface area contributed by atoms with Gasteiger partial charge in [-0.1, -0.05) is 48.5 Å². The van der Waals surface area contributed by atoms with Crippen molar-refractivity contribution in [2.24, 2.45) is 0 Å². The van der Waals surface area contributed by atoms with E-state index in [1.54, 1.807) is 0 Å². The number of amides is 2. The number of benzene rings is 3. The first-order chi connectivity index (χ1) is 16.9. The fourth-order valence-electron chi connectivity index (χ4n) is 4.15. The van der Waals surface area contributed by atoms with Crippen molar-refractivity contribution in [2.45, 2.75) is 12.0 Å². The average Bonchev–Trinajstić information content (AvgIpc) is 3.17. The third-order valence-corrected chi connectivity index (χ3v) is 5.76. The number of fused-ring (bicyclic) bond motifs is 3. The van der Waals surface area contributed by atoms with E-state index in [0.29, 0.717) is 0 Å². The molecule has 0 aliphatic heterocycles. The molecule has 180 valence electrons. The lowest BCUT2D eigenvalue weighted by Gasteiger charge is -2.19. The lowest BCUT2D eigenvalue weighted by atomic mass is 9.98. The van der Waals surface area contributed by atoms with Gasteiger partial charge in [0.25, 0.3) is 0 Å². The second-order valence-corrected chi connectivity index (χ2v) is 7.96. The average molecular weight is 478 g/mol. The van der Waals surface area contributed by atoms with Crippen molar-refractivity contribution in [3.63, 3.8) is 0 Å². The molecule has 1 aliphatic rings. The zero-order valence-corrected chi connectivity index (χ0v) is 18.8. The minimum atomic E-state index is -1.41. The molecule has 9 heteroatoms. The number of hydrogen-bond donors (Lipinski definition) is 3. The molecule has 0 saturated carbocycles. The second kappa shape index (κ2) is 10.4. The highest BCUT2D eigenvalue weighted by molar-refractivity contribution is 6.02. The molecule has 4 rings (SSSR count). The number of alkyl carbamates (subject to hydrolysis) is 1. The molecule has 1 unspecified atom stereocenters. The summed E-state index contributed by atoms with van der Waals surface area (Å²) >= 11 is 0. The summed E-state index contributed by atoms with van der Waals surface area (Å²) in [5.41, 5.74) is 3.73. The van der Waals surface area contributed by atoms with Gasteiger partial charge in [0.15, 0.2) is 0 Å². The number of ether oxygens (including phenoxy) is 2. The highest BCUT2D eigenvalue weighted by Crippen LogP contribution is 2.44. The first-order valence-corrected chi connectivity index (χ1v) is 10.8. The molecule has 2 amide bonds. The number of anilines is 1. The van der Waals surface area contributed by atoms with E-state index in [1.807, 2.05) is 48.5 Å². The highest BCUT2D eigenvalue weighted by Gasteiger charge is 2.30. The van der Waals surface area contributed by atoms with Crippen molar-refractivity contribution in [1.82, 2.24) is 5.32 Å². The number of nitrogens with one attached hydrogen (secondary N) is 2. The number of carboxylic acid groups (broad SMARTS) is 1. The number of carboxylic acids is 1. The van der Waals surface area contributed by atoms with Crippen molar-refractivity contribution >= 4 is 23.7 Å². The second-order valence-electron chi connectivity index (χ2n) is 7.96. The van der Waals surface area contributed by atoms with Gasteiger partial charge in [0.05, 0.1) is 17.9 Å². The van der Waals surface area contributed by atoms with Crippen molar-refractivity contribution < 1.29 is 33.4 Å². The maximum Gasteiger partial charge on any atom is 0.407 e. The van der Waals surface area contributed by atoms with Crippen LogP contribution in [-0.4, -0.2) is 49.4 Å². The smallest absolute Gasteiger partial charge is 0.407 e. The van der Waals surface area contributed by atoms with Gasteiger partial charge in [-0.3, -0.25) is 4.79 Å². The molecule has 0 bridgehead atoms. The molecule has 3 N–H and O–H groups in total. The Hall–Kier alpha value is -4.24. The van der Waals surface area contributed by atoms with Crippen LogP contribution in [0.1, 0.15) is 27.4 Å². The van der Waals surface area contributed by atoms with Gasteiger partial charge in [-0.15, -0.1) is 0 Å². The van der Waals surface area contributed by atoms with Gasteiger partial charge in [-0.2, -0.15) is 0 Å². The number of methoxy groups -OCH3 is 1. The molecule has 0 saturated heterocycles. The van der Waals surface area contributed by atoms with Gasteiger partial charge in [-0.05, 0) is 40.5 Å². The van der Waals surface area contributed by atoms with Crippen LogP contribution in [-0.2, 0) is 14.3 Å². The van der Waals surface area contributed by atoms with Crippen LogP contribution in [0.4, 0.5) is 14.9 Å². The molecule has 1 atom stereocenters. The van der Waals surface area contributed by atoms with E-state index in [2.05, 4.69) is 10.6 Å². The van der Waals surface area contributed by atoms with E-state index in [0.717, 1.165) is 40.5 Å². The fourth-order valence-corrected chi connectivity index (χ4v) is 4.15. The van der Waals surface area contributed by atoms with Crippen LogP contribution in [0, 0.1) is 5.82 Å². The predicted octanol–water partition coefficient (Wildman–Crippen LogP) is 4.02. The predicted molar refractivity (Wildman–Crippen MR) is 126 cm³/mol. The molecule has 3 aromatic carbocycles. The van der Waals surface area contributed by atoms with E-state index < -0.39 is 35.4 Å². The molecule has 0 fully saturated rings. The van der Waals surface area contributed by atoms with Crippen LogP contribution in [0.5, 0.6) is 0 Å². The maximum atomic E-state index is 13.4. The molecule has 3 aromatic rings. The summed E-state index contributed by atoms with van der Waals surface area (Å²) in [5.74, 6) is -3.06. The Balaban J connectivity index is 1.43. The van der Waals surface area contributed by atoms with E-state index in [1.165, 1.54) is 7.11 Å². The van der Waals surface area contributed by atoms with Crippen LogP contribution in [0.25, 0.3) is 11.1 Å². The summed E-state index contributed by atoms with van der Waals surface area (Å²) < 4.78 is 23.9. The van der Waals surface area contributed by atoms with Crippen LogP contribution in [0.15, 0.2) is 66.7 Å². The number of carbonyl (C=O) groups is 3. The Morgan fingerprint density at radius 1 is 1.00 bits per heavy atom. The fraction of sp³-hybridized carbons (Fsp3) is 0.192. The van der Waals surface area contributed by atoms with Gasteiger partial charge >= 0.3 is 12.1 Å². The minimum absolute atomic E-state index is 0.0578. The highest BCUT2D eigenvalue weighted by atomic mass is 19.1. The Bertz CT molecular complexity index is 1230. The lowest BCUT2D eigenvalue weighted by Crippen LogP contribution is -2.47. The summed E-state index contributed by atoms with van der Waals surface area (Å²) in [5, 5.41) is 14.1. The third kappa shape index (κ3) is 5.15. The normalized spacial score (nSPS) is 12.9. The number of carbonyl (C=O) groups excluding carboxylic acids is 2. The number of halogens is 1. The van der Waals surface area contributed by atoms with Crippen molar-refractivity contribution in [3.05, 3.63) is 89.2 Å². The lowest BCUT2D eigenvalue weighted by molar-refractivity contribution is -0.119. The zero-order chi connectivity index (χ0) is 24.9. The standard InChI is InChI=1S/C26H23FN2O6/c1-34-14-23(24(30)28-22-11-10-15(27)12-20(22)25(31)32)29-26(33)35-13-21-18-8-4-2-6-16(18)17-7-3-5-9-19(17)21/h2-12,21,23H,13-14H2,1H3,(H,28,30)(H,29,33)(H,31,32). The van der Waals surface area contributed by atoms with Gasteiger partial charge in [0.2, 0.25) is 5.91 Å². The summed E-state index contributed by atoms with van der Waals surface area (Å²) in [7, 11) is 1.35. The minimum Gasteiger partial charge on any atom is -0.478 e. The summed E-state index contributed by atoms with van der Waals surface area (Å²) in [6.45, 7) is -0.137. The van der Waals surface area contributed by atoms with Crippen LogP contribution >= 0.6 is 0 Å². The first kappa shape index (κ1) is 23.9. The molecule has 0 aromatic heterocycles. The molecular weight excluding hydrogens is 455 g/mol. The Labute approximate surface area is 200 Å². The van der Waals surface area contributed by atoms with Crippen LogP contribution in [0.2, 0.25) is 0 Å². The quantitative estimate of drug-likeness (QED) is 0.451. The molecule has 0 radical (unpaired) electrons. The topological polar surface area (TPSA) is 114 Å². The molecule has 0 heterocycles. The number of hydrogen-bond acceptors (Lipinski definition) is 5. The van der Waals surface area contributed by atoms with E-state index in [9.17, 15) is 23.9 Å². The van der Waals surface area contributed by atoms with E-state index in [-0.39, 0.29) is 24.8 Å². The van der Waals surface area contributed by atoms with Crippen molar-refractivity contribution in [3.8, 4) is 11.1 Å². The third-order valence-electron chi connectivity index (χ3n) is 5.76. The molecule has 0 spiro atoms. The van der Waals surface area contributed by atoms with Gasteiger partial charge in [0, 0.05) is 13.0 Å². The van der Waals surface area contributed by atoms with Gasteiger partial charge in [-0.25, -0.2) is 14.0 Å². The van der Waals surface area contributed by atoms with Crippen LogP contribution in [0.3, 0.4) is 0 Å². The van der Waals surface area contributed by atoms with Gasteiger partial charge in [0.1, 0.15) is 18.5 Å². The van der Waals surface area contributed by atoms with Crippen LogP contribution < -0.4 is 10.6 Å². The summed E-state index contributed by atoms with van der Waals surface area (Å²) in [6.07, 6.45) is -0.832. The zero-order valence-electron chi connectivity index (χ0n) is 18.8. The summed E-state index contributed by atoms with van der Waals surface area (Å²) in [6, 6.07) is 17.6. The number of aromatic carboxylic acids is 1. The summed E-state index contributed by atoms with van der Waals surface area (Å²) in [4.78, 5) is 36.7. The number of rotatable bonds is 8. The largest absolute Gasteiger partial charge is 0.478 e. The molecule has 8 nitrogen and oxygen atoms in total. The first-order valence-electron chi connectivity index (χ1n) is 10.8. The Morgan fingerprint density at radius 3 is 2.23 bits per heavy atom. The van der Waals surface area contributed by atoms with E-state index in [4.69, 9.17) is 9.47 Å². The van der Waals surface area contributed by atoms with Crippen molar-refractivity contribution in [1.29, 1.82) is 0 Å². The maximum absolute atomic E-state index is 13.4. The molecular formula is C26H23FN2O6. The molecule has 1 aliphatic carbocycles. The molecule has 35 heavy (non-hydrogen) atoms. The Morgan fingerprint density at radius 2 is 1.63 bits per heavy atom.